The Bertz CT molecular complexity index is 598. The van der Waals surface area contributed by atoms with Crippen LogP contribution in [0.25, 0.3) is 0 Å². The Morgan fingerprint density at radius 3 is 2.45 bits per heavy atom. The molecule has 0 radical (unpaired) electrons. The molecule has 0 atom stereocenters. The van der Waals surface area contributed by atoms with Gasteiger partial charge in [-0.05, 0) is 43.9 Å². The minimum Gasteiger partial charge on any atom is -0.478 e. The lowest BCUT2D eigenvalue weighted by Gasteiger charge is -2.17. The third-order valence-corrected chi connectivity index (χ3v) is 3.41. The normalized spacial score (nSPS) is 15.1. The van der Waals surface area contributed by atoms with Crippen molar-refractivity contribution >= 4 is 29.2 Å². The number of carbonyl (C=O) groups excluding carboxylic acids is 1. The van der Waals surface area contributed by atoms with Crippen LogP contribution in [0.15, 0.2) is 29.3 Å². The van der Waals surface area contributed by atoms with Gasteiger partial charge in [-0.15, -0.1) is 0 Å². The molecule has 0 heterocycles. The number of rotatable bonds is 3. The van der Waals surface area contributed by atoms with E-state index in [0.717, 1.165) is 18.9 Å². The van der Waals surface area contributed by atoms with E-state index in [1.54, 1.807) is 0 Å². The highest BCUT2D eigenvalue weighted by Crippen LogP contribution is 2.27. The average Bonchev–Trinajstić information content (AvgIpc) is 2.41. The lowest BCUT2D eigenvalue weighted by Crippen LogP contribution is -2.21. The number of anilines is 1. The molecule has 0 bridgehead atoms. The van der Waals surface area contributed by atoms with Gasteiger partial charge in [-0.2, -0.15) is 0 Å². The van der Waals surface area contributed by atoms with Crippen molar-refractivity contribution < 1.29 is 19.1 Å². The summed E-state index contributed by atoms with van der Waals surface area (Å²) in [7, 11) is 0. The second-order valence-corrected chi connectivity index (χ2v) is 4.98. The number of carbonyl (C=O) groups is 2. The molecule has 2 rings (SSSR count). The first-order valence-electron chi connectivity index (χ1n) is 6.20. The van der Waals surface area contributed by atoms with Crippen LogP contribution in [0.1, 0.15) is 25.7 Å². The van der Waals surface area contributed by atoms with Crippen molar-refractivity contribution in [3.63, 3.8) is 0 Å². The van der Waals surface area contributed by atoms with E-state index in [1.807, 2.05) is 0 Å². The first kappa shape index (κ1) is 14.5. The number of hydrogen-bond donors (Lipinski definition) is 2. The Labute approximate surface area is 120 Å². The van der Waals surface area contributed by atoms with Gasteiger partial charge in [-0.1, -0.05) is 11.6 Å². The highest BCUT2D eigenvalue weighted by Gasteiger charge is 2.24. The van der Waals surface area contributed by atoms with E-state index in [2.05, 4.69) is 5.32 Å². The minimum absolute atomic E-state index is 0.0118. The van der Waals surface area contributed by atoms with Crippen molar-refractivity contribution in [2.24, 2.45) is 0 Å². The van der Waals surface area contributed by atoms with Gasteiger partial charge in [-0.3, -0.25) is 4.79 Å². The molecule has 0 unspecified atom stereocenters. The van der Waals surface area contributed by atoms with Crippen molar-refractivity contribution in [3.05, 3.63) is 40.2 Å². The molecule has 1 aromatic rings. The average molecular weight is 298 g/mol. The number of hydrogen-bond acceptors (Lipinski definition) is 2. The summed E-state index contributed by atoms with van der Waals surface area (Å²) < 4.78 is 13.6. The molecule has 4 nitrogen and oxygen atoms in total. The van der Waals surface area contributed by atoms with Crippen molar-refractivity contribution in [1.29, 1.82) is 0 Å². The molecule has 0 fully saturated rings. The Morgan fingerprint density at radius 1 is 1.20 bits per heavy atom. The maximum Gasteiger partial charge on any atom is 0.332 e. The van der Waals surface area contributed by atoms with Gasteiger partial charge in [0.05, 0.1) is 5.69 Å². The number of benzene rings is 1. The Morgan fingerprint density at radius 2 is 1.85 bits per heavy atom. The zero-order valence-corrected chi connectivity index (χ0v) is 11.3. The summed E-state index contributed by atoms with van der Waals surface area (Å²) in [5.74, 6) is -2.31. The third-order valence-electron chi connectivity index (χ3n) is 3.18. The lowest BCUT2D eigenvalue weighted by atomic mass is 9.91. The van der Waals surface area contributed by atoms with Gasteiger partial charge in [0.15, 0.2) is 0 Å². The van der Waals surface area contributed by atoms with E-state index < -0.39 is 17.7 Å². The number of carboxylic acid groups (broad SMARTS) is 1. The molecule has 1 aliphatic carbocycles. The Kier molecular flexibility index (Phi) is 4.39. The van der Waals surface area contributed by atoms with Gasteiger partial charge in [0.1, 0.15) is 5.82 Å². The second kappa shape index (κ2) is 6.05. The van der Waals surface area contributed by atoms with Gasteiger partial charge in [0.25, 0.3) is 5.91 Å². The zero-order chi connectivity index (χ0) is 14.7. The molecular formula is C14H13ClFNO3. The van der Waals surface area contributed by atoms with Crippen LogP contribution < -0.4 is 5.32 Å². The fourth-order valence-electron chi connectivity index (χ4n) is 2.18. The fourth-order valence-corrected chi connectivity index (χ4v) is 2.34. The quantitative estimate of drug-likeness (QED) is 0.899. The number of amides is 1. The molecule has 20 heavy (non-hydrogen) atoms. The van der Waals surface area contributed by atoms with E-state index in [0.29, 0.717) is 12.8 Å². The topological polar surface area (TPSA) is 66.4 Å². The summed E-state index contributed by atoms with van der Waals surface area (Å²) >= 11 is 5.63. The molecule has 0 saturated heterocycles. The first-order chi connectivity index (χ1) is 9.49. The van der Waals surface area contributed by atoms with Crippen LogP contribution in [0.2, 0.25) is 5.02 Å². The summed E-state index contributed by atoms with van der Waals surface area (Å²) in [6, 6.07) is 3.89. The Balaban J connectivity index is 2.24. The second-order valence-electron chi connectivity index (χ2n) is 4.55. The largest absolute Gasteiger partial charge is 0.478 e. The van der Waals surface area contributed by atoms with E-state index in [1.165, 1.54) is 12.1 Å². The van der Waals surface area contributed by atoms with Gasteiger partial charge < -0.3 is 10.4 Å². The number of nitrogens with one attached hydrogen (secondary N) is 1. The summed E-state index contributed by atoms with van der Waals surface area (Å²) in [6.07, 6.45) is 2.25. The first-order valence-corrected chi connectivity index (χ1v) is 6.58. The van der Waals surface area contributed by atoms with Crippen LogP contribution in [0.5, 0.6) is 0 Å². The van der Waals surface area contributed by atoms with Crippen LogP contribution in [0.3, 0.4) is 0 Å². The number of aliphatic carboxylic acids is 1. The maximum atomic E-state index is 13.6. The van der Waals surface area contributed by atoms with Crippen LogP contribution in [-0.4, -0.2) is 17.0 Å². The van der Waals surface area contributed by atoms with Crippen molar-refractivity contribution in [2.75, 3.05) is 5.32 Å². The van der Waals surface area contributed by atoms with E-state index >= 15 is 0 Å². The molecule has 0 aliphatic heterocycles. The fraction of sp³-hybridized carbons (Fsp3) is 0.286. The number of halogens is 2. The molecule has 1 amide bonds. The summed E-state index contributed by atoms with van der Waals surface area (Å²) in [5, 5.41) is 11.7. The van der Waals surface area contributed by atoms with Crippen LogP contribution in [0.4, 0.5) is 10.1 Å². The Hall–Kier alpha value is -1.88. The molecule has 1 aliphatic rings. The van der Waals surface area contributed by atoms with Crippen LogP contribution in [-0.2, 0) is 9.59 Å². The SMILES string of the molecule is O=C(O)C1=C(C(=O)Nc2ccc(Cl)cc2F)CCCC1. The molecule has 1 aromatic carbocycles. The van der Waals surface area contributed by atoms with E-state index in [9.17, 15) is 14.0 Å². The molecule has 0 spiro atoms. The highest BCUT2D eigenvalue weighted by atomic mass is 35.5. The smallest absolute Gasteiger partial charge is 0.332 e. The molecule has 106 valence electrons. The molecule has 2 N–H and O–H groups in total. The van der Waals surface area contributed by atoms with Crippen molar-refractivity contribution in [1.82, 2.24) is 0 Å². The highest BCUT2D eigenvalue weighted by molar-refractivity contribution is 6.30. The lowest BCUT2D eigenvalue weighted by molar-refractivity contribution is -0.133. The van der Waals surface area contributed by atoms with Crippen molar-refractivity contribution in [2.45, 2.75) is 25.7 Å². The summed E-state index contributed by atoms with van der Waals surface area (Å²) in [5.41, 5.74) is 0.323. The summed E-state index contributed by atoms with van der Waals surface area (Å²) in [4.78, 5) is 23.2. The predicted octanol–water partition coefficient (Wildman–Crippen LogP) is 3.37. The van der Waals surface area contributed by atoms with Gasteiger partial charge in [-0.25, -0.2) is 9.18 Å². The maximum absolute atomic E-state index is 13.6. The minimum atomic E-state index is -1.09. The number of carboxylic acids is 1. The molecular weight excluding hydrogens is 285 g/mol. The molecule has 0 saturated carbocycles. The van der Waals surface area contributed by atoms with E-state index in [-0.39, 0.29) is 21.9 Å². The summed E-state index contributed by atoms with van der Waals surface area (Å²) in [6.45, 7) is 0. The standard InChI is InChI=1S/C14H13ClFNO3/c15-8-5-6-12(11(16)7-8)17-13(18)9-3-1-2-4-10(9)14(19)20/h5-7H,1-4H2,(H,17,18)(H,19,20). The van der Waals surface area contributed by atoms with E-state index in [4.69, 9.17) is 16.7 Å². The zero-order valence-electron chi connectivity index (χ0n) is 10.6. The molecule has 6 heteroatoms. The van der Waals surface area contributed by atoms with Gasteiger partial charge in [0, 0.05) is 16.2 Å². The van der Waals surface area contributed by atoms with Crippen molar-refractivity contribution in [3.8, 4) is 0 Å². The van der Waals surface area contributed by atoms with Crippen LogP contribution in [0, 0.1) is 5.82 Å². The predicted molar refractivity (Wildman–Crippen MR) is 73.2 cm³/mol. The van der Waals surface area contributed by atoms with Gasteiger partial charge in [0.2, 0.25) is 0 Å². The van der Waals surface area contributed by atoms with Gasteiger partial charge >= 0.3 is 5.97 Å². The monoisotopic (exact) mass is 297 g/mol. The van der Waals surface area contributed by atoms with Crippen LogP contribution >= 0.6 is 11.6 Å². The molecule has 0 aromatic heterocycles. The third kappa shape index (κ3) is 3.17.